The maximum atomic E-state index is 11.9. The van der Waals surface area contributed by atoms with E-state index in [-0.39, 0.29) is 12.5 Å². The fraction of sp³-hybridized carbons (Fsp3) is 1.00. The molecule has 0 spiro atoms. The molecule has 1 rings (SSSR count). The van der Waals surface area contributed by atoms with Crippen LogP contribution in [-0.4, -0.2) is 32.8 Å². The zero-order valence-corrected chi connectivity index (χ0v) is 12.1. The van der Waals surface area contributed by atoms with Crippen LogP contribution in [0.3, 0.4) is 0 Å². The van der Waals surface area contributed by atoms with Crippen molar-refractivity contribution in [2.24, 2.45) is 11.8 Å². The van der Waals surface area contributed by atoms with Crippen LogP contribution in [0.25, 0.3) is 0 Å². The minimum absolute atomic E-state index is 0.204. The van der Waals surface area contributed by atoms with Crippen molar-refractivity contribution in [2.45, 2.75) is 38.3 Å². The molecule has 0 radical (unpaired) electrons. The second-order valence-electron chi connectivity index (χ2n) is 4.99. The van der Waals surface area contributed by atoms with E-state index in [0.717, 1.165) is 19.3 Å². The van der Waals surface area contributed by atoms with Gasteiger partial charge in [-0.2, -0.15) is 13.2 Å². The predicted molar refractivity (Wildman–Crippen MR) is 68.6 cm³/mol. The van der Waals surface area contributed by atoms with Crippen LogP contribution in [0.1, 0.15) is 32.1 Å². The quantitative estimate of drug-likeness (QED) is 0.733. The van der Waals surface area contributed by atoms with E-state index in [1.807, 2.05) is 0 Å². The van der Waals surface area contributed by atoms with Gasteiger partial charge in [0, 0.05) is 18.8 Å². The van der Waals surface area contributed by atoms with Gasteiger partial charge in [0.25, 0.3) is 0 Å². The normalized spacial score (nSPS) is 24.8. The van der Waals surface area contributed by atoms with E-state index in [4.69, 9.17) is 11.6 Å². The Morgan fingerprint density at radius 1 is 1.21 bits per heavy atom. The summed E-state index contributed by atoms with van der Waals surface area (Å²) in [4.78, 5) is 0. The van der Waals surface area contributed by atoms with E-state index in [0.29, 0.717) is 11.8 Å². The zero-order chi connectivity index (χ0) is 14.5. The summed E-state index contributed by atoms with van der Waals surface area (Å²) < 4.78 is 61.3. The Kier molecular flexibility index (Phi) is 6.39. The highest BCUT2D eigenvalue weighted by atomic mass is 35.5. The van der Waals surface area contributed by atoms with Gasteiger partial charge in [-0.05, 0) is 31.1 Å². The number of hydrogen-bond acceptors (Lipinski definition) is 2. The van der Waals surface area contributed by atoms with E-state index in [1.165, 1.54) is 0 Å². The molecule has 0 heterocycles. The molecule has 2 atom stereocenters. The highest BCUT2D eigenvalue weighted by Crippen LogP contribution is 2.32. The van der Waals surface area contributed by atoms with Gasteiger partial charge in [-0.25, -0.2) is 13.1 Å². The molecule has 0 aliphatic heterocycles. The van der Waals surface area contributed by atoms with E-state index in [1.54, 1.807) is 0 Å². The number of alkyl halides is 4. The first kappa shape index (κ1) is 17.0. The van der Waals surface area contributed by atoms with Crippen molar-refractivity contribution in [2.75, 3.05) is 18.2 Å². The van der Waals surface area contributed by atoms with Gasteiger partial charge in [-0.1, -0.05) is 6.42 Å². The van der Waals surface area contributed by atoms with Crippen LogP contribution in [0.4, 0.5) is 13.2 Å². The highest BCUT2D eigenvalue weighted by molar-refractivity contribution is 7.89. The van der Waals surface area contributed by atoms with Crippen LogP contribution < -0.4 is 4.72 Å². The summed E-state index contributed by atoms with van der Waals surface area (Å²) in [6, 6.07) is 0. The summed E-state index contributed by atoms with van der Waals surface area (Å²) in [7, 11) is -3.62. The maximum absolute atomic E-state index is 11.9. The Morgan fingerprint density at radius 3 is 2.42 bits per heavy atom. The molecule has 1 N–H and O–H groups in total. The molecule has 1 fully saturated rings. The van der Waals surface area contributed by atoms with Crippen molar-refractivity contribution in [3.8, 4) is 0 Å². The first-order valence-electron chi connectivity index (χ1n) is 6.33. The average molecular weight is 322 g/mol. The molecule has 0 bridgehead atoms. The molecule has 0 amide bonds. The molecule has 1 aliphatic carbocycles. The molecule has 114 valence electrons. The molecule has 1 saturated carbocycles. The summed E-state index contributed by atoms with van der Waals surface area (Å²) in [5.74, 6) is 0.528. The third-order valence-corrected chi connectivity index (χ3v) is 5.28. The molecule has 1 aliphatic rings. The van der Waals surface area contributed by atoms with Crippen molar-refractivity contribution in [3.63, 3.8) is 0 Å². The molecule has 0 aromatic carbocycles. The topological polar surface area (TPSA) is 46.2 Å². The van der Waals surface area contributed by atoms with Crippen molar-refractivity contribution in [1.82, 2.24) is 4.72 Å². The van der Waals surface area contributed by atoms with Crippen molar-refractivity contribution >= 4 is 21.6 Å². The Labute approximate surface area is 116 Å². The maximum Gasteiger partial charge on any atom is 0.389 e. The Morgan fingerprint density at radius 2 is 1.84 bits per heavy atom. The summed E-state index contributed by atoms with van der Waals surface area (Å²) in [5.41, 5.74) is 0. The van der Waals surface area contributed by atoms with Gasteiger partial charge in [0.2, 0.25) is 10.0 Å². The Bertz CT molecular complexity index is 373. The van der Waals surface area contributed by atoms with Gasteiger partial charge in [0.15, 0.2) is 0 Å². The van der Waals surface area contributed by atoms with Crippen LogP contribution in [0, 0.1) is 11.8 Å². The SMILES string of the molecule is O=S(=O)(CCCC(F)(F)F)NCC1CCCC1CCl. The fourth-order valence-electron chi connectivity index (χ4n) is 2.35. The van der Waals surface area contributed by atoms with Crippen LogP contribution in [0.2, 0.25) is 0 Å². The van der Waals surface area contributed by atoms with Gasteiger partial charge < -0.3 is 0 Å². The summed E-state index contributed by atoms with van der Waals surface area (Å²) in [6.07, 6.45) is -2.83. The molecular weight excluding hydrogens is 303 g/mol. The number of hydrogen-bond donors (Lipinski definition) is 1. The van der Waals surface area contributed by atoms with Crippen molar-refractivity contribution in [3.05, 3.63) is 0 Å². The van der Waals surface area contributed by atoms with Crippen molar-refractivity contribution < 1.29 is 21.6 Å². The third-order valence-electron chi connectivity index (χ3n) is 3.45. The van der Waals surface area contributed by atoms with Gasteiger partial charge in [0.1, 0.15) is 0 Å². The smallest absolute Gasteiger partial charge is 0.215 e. The minimum atomic E-state index is -4.30. The first-order chi connectivity index (χ1) is 8.73. The average Bonchev–Trinajstić information content (AvgIpc) is 2.71. The molecular formula is C11H19ClF3NO2S. The van der Waals surface area contributed by atoms with E-state index >= 15 is 0 Å². The van der Waals surface area contributed by atoms with Crippen LogP contribution >= 0.6 is 11.6 Å². The van der Waals surface area contributed by atoms with Gasteiger partial charge in [-0.15, -0.1) is 11.6 Å². The number of sulfonamides is 1. The van der Waals surface area contributed by atoms with Crippen LogP contribution in [0.15, 0.2) is 0 Å². The molecule has 0 aromatic heterocycles. The third kappa shape index (κ3) is 6.81. The van der Waals surface area contributed by atoms with E-state index < -0.39 is 34.8 Å². The lowest BCUT2D eigenvalue weighted by Crippen LogP contribution is -2.33. The summed E-state index contributed by atoms with van der Waals surface area (Å²) in [6.45, 7) is 0.283. The fourth-order valence-corrected chi connectivity index (χ4v) is 3.90. The van der Waals surface area contributed by atoms with Gasteiger partial charge in [0.05, 0.1) is 5.75 Å². The molecule has 19 heavy (non-hydrogen) atoms. The van der Waals surface area contributed by atoms with E-state index in [9.17, 15) is 21.6 Å². The monoisotopic (exact) mass is 321 g/mol. The van der Waals surface area contributed by atoms with Crippen LogP contribution in [0.5, 0.6) is 0 Å². The van der Waals surface area contributed by atoms with Gasteiger partial charge in [-0.3, -0.25) is 0 Å². The summed E-state index contributed by atoms with van der Waals surface area (Å²) >= 11 is 5.78. The highest BCUT2D eigenvalue weighted by Gasteiger charge is 2.29. The molecule has 8 heteroatoms. The molecule has 3 nitrogen and oxygen atoms in total. The lowest BCUT2D eigenvalue weighted by Gasteiger charge is -2.17. The lowest BCUT2D eigenvalue weighted by molar-refractivity contribution is -0.134. The van der Waals surface area contributed by atoms with Crippen LogP contribution in [-0.2, 0) is 10.0 Å². The predicted octanol–water partition coefficient (Wildman–Crippen LogP) is 2.90. The first-order valence-corrected chi connectivity index (χ1v) is 8.52. The lowest BCUT2D eigenvalue weighted by atomic mass is 9.98. The number of rotatable bonds is 7. The number of nitrogens with one attached hydrogen (secondary N) is 1. The zero-order valence-electron chi connectivity index (χ0n) is 10.5. The van der Waals surface area contributed by atoms with E-state index in [2.05, 4.69) is 4.72 Å². The molecule has 0 aromatic rings. The molecule has 2 unspecified atom stereocenters. The number of halogens is 4. The minimum Gasteiger partial charge on any atom is -0.215 e. The largest absolute Gasteiger partial charge is 0.389 e. The summed E-state index contributed by atoms with van der Waals surface area (Å²) in [5, 5.41) is 0. The molecule has 0 saturated heterocycles. The van der Waals surface area contributed by atoms with Crippen molar-refractivity contribution in [1.29, 1.82) is 0 Å². The second-order valence-corrected chi connectivity index (χ2v) is 7.23. The Hall–Kier alpha value is -0.0100. The van der Waals surface area contributed by atoms with Gasteiger partial charge >= 0.3 is 6.18 Å². The standard InChI is InChI=1S/C11H19ClF3NO2S/c12-7-9-3-1-4-10(9)8-16-19(17,18)6-2-5-11(13,14)15/h9-10,16H,1-8H2. The second kappa shape index (κ2) is 7.13. The Balaban J connectivity index is 2.30.